The molecule has 0 saturated carbocycles. The van der Waals surface area contributed by atoms with Crippen LogP contribution in [0, 0.1) is 16.7 Å². The van der Waals surface area contributed by atoms with Gasteiger partial charge in [-0.05, 0) is 52.9 Å². The SMILES string of the molecule is C[C@@]1(C(=O)Nc2nncs2)Cc2ccc(C#N)cc2[C@@H]1c1cccc2ccccc12. The highest BCUT2D eigenvalue weighted by molar-refractivity contribution is 7.13. The average molecular weight is 411 g/mol. The van der Waals surface area contributed by atoms with Gasteiger partial charge in [-0.1, -0.05) is 59.9 Å². The van der Waals surface area contributed by atoms with Gasteiger partial charge in [0.15, 0.2) is 0 Å². The molecule has 5 rings (SSSR count). The number of aromatic nitrogens is 2. The molecule has 1 amide bonds. The summed E-state index contributed by atoms with van der Waals surface area (Å²) in [5, 5.41) is 23.0. The first-order valence-corrected chi connectivity index (χ1v) is 10.6. The van der Waals surface area contributed by atoms with Crippen LogP contribution in [0.3, 0.4) is 0 Å². The third-order valence-corrected chi connectivity index (χ3v) is 6.62. The molecule has 1 aromatic heterocycles. The molecule has 0 aliphatic heterocycles. The average Bonchev–Trinajstić information content (AvgIpc) is 3.38. The number of hydrogen-bond acceptors (Lipinski definition) is 5. The number of nitrogens with zero attached hydrogens (tertiary/aromatic N) is 3. The Balaban J connectivity index is 1.71. The molecular weight excluding hydrogens is 392 g/mol. The molecule has 6 heteroatoms. The lowest BCUT2D eigenvalue weighted by molar-refractivity contribution is -0.125. The van der Waals surface area contributed by atoms with Gasteiger partial charge in [0, 0.05) is 5.92 Å². The summed E-state index contributed by atoms with van der Waals surface area (Å²) in [4.78, 5) is 13.5. The van der Waals surface area contributed by atoms with Crippen molar-refractivity contribution in [3.63, 3.8) is 0 Å². The van der Waals surface area contributed by atoms with Gasteiger partial charge in [-0.3, -0.25) is 4.79 Å². The fourth-order valence-corrected chi connectivity index (χ4v) is 5.07. The Bertz CT molecular complexity index is 1300. The minimum atomic E-state index is -0.730. The minimum absolute atomic E-state index is 0.0908. The van der Waals surface area contributed by atoms with E-state index >= 15 is 0 Å². The maximum atomic E-state index is 13.5. The number of hydrogen-bond donors (Lipinski definition) is 1. The zero-order valence-electron chi connectivity index (χ0n) is 16.3. The van der Waals surface area contributed by atoms with Crippen LogP contribution in [0.15, 0.2) is 66.2 Å². The summed E-state index contributed by atoms with van der Waals surface area (Å²) in [6, 6.07) is 22.4. The van der Waals surface area contributed by atoms with Crippen molar-refractivity contribution in [2.75, 3.05) is 5.32 Å². The summed E-state index contributed by atoms with van der Waals surface area (Å²) in [6.07, 6.45) is 0.590. The summed E-state index contributed by atoms with van der Waals surface area (Å²) < 4.78 is 0. The summed E-state index contributed by atoms with van der Waals surface area (Å²) in [6.45, 7) is 2.00. The van der Waals surface area contributed by atoms with Crippen molar-refractivity contribution in [2.24, 2.45) is 5.41 Å². The van der Waals surface area contributed by atoms with Crippen LogP contribution in [0.1, 0.15) is 35.1 Å². The molecule has 0 fully saturated rings. The number of anilines is 1. The van der Waals surface area contributed by atoms with Crippen LogP contribution in [-0.4, -0.2) is 16.1 Å². The summed E-state index contributed by atoms with van der Waals surface area (Å²) in [7, 11) is 0. The lowest BCUT2D eigenvalue weighted by Gasteiger charge is -2.31. The van der Waals surface area contributed by atoms with Gasteiger partial charge in [0.05, 0.1) is 17.0 Å². The highest BCUT2D eigenvalue weighted by Crippen LogP contribution is 2.52. The predicted molar refractivity (Wildman–Crippen MR) is 117 cm³/mol. The fraction of sp³-hybridized carbons (Fsp3) is 0.167. The van der Waals surface area contributed by atoms with Gasteiger partial charge in [0.2, 0.25) is 11.0 Å². The van der Waals surface area contributed by atoms with Crippen LogP contribution >= 0.6 is 11.3 Å². The number of amides is 1. The van der Waals surface area contributed by atoms with E-state index in [1.807, 2.05) is 43.3 Å². The number of fused-ring (bicyclic) bond motifs is 2. The van der Waals surface area contributed by atoms with Crippen molar-refractivity contribution in [2.45, 2.75) is 19.3 Å². The smallest absolute Gasteiger partial charge is 0.233 e. The zero-order valence-corrected chi connectivity index (χ0v) is 17.1. The van der Waals surface area contributed by atoms with Gasteiger partial charge >= 0.3 is 0 Å². The predicted octanol–water partition coefficient (Wildman–Crippen LogP) is 4.90. The maximum Gasteiger partial charge on any atom is 0.233 e. The Kier molecular flexibility index (Phi) is 4.34. The van der Waals surface area contributed by atoms with E-state index in [2.05, 4.69) is 45.8 Å². The van der Waals surface area contributed by atoms with Crippen LogP contribution in [0.5, 0.6) is 0 Å². The Morgan fingerprint density at radius 1 is 1.17 bits per heavy atom. The highest BCUT2D eigenvalue weighted by atomic mass is 32.1. The zero-order chi connectivity index (χ0) is 20.7. The molecule has 30 heavy (non-hydrogen) atoms. The van der Waals surface area contributed by atoms with E-state index in [1.165, 1.54) is 11.3 Å². The minimum Gasteiger partial charge on any atom is -0.300 e. The number of rotatable bonds is 3. The van der Waals surface area contributed by atoms with Crippen LogP contribution in [0.25, 0.3) is 10.8 Å². The molecule has 3 aromatic carbocycles. The van der Waals surface area contributed by atoms with E-state index < -0.39 is 5.41 Å². The first-order chi connectivity index (χ1) is 14.6. The first kappa shape index (κ1) is 18.5. The number of carbonyl (C=O) groups excluding carboxylic acids is 1. The molecule has 0 unspecified atom stereocenters. The lowest BCUT2D eigenvalue weighted by Crippen LogP contribution is -2.37. The maximum absolute atomic E-state index is 13.5. The van der Waals surface area contributed by atoms with E-state index in [0.717, 1.165) is 27.5 Å². The third-order valence-electron chi connectivity index (χ3n) is 6.01. The van der Waals surface area contributed by atoms with Crippen molar-refractivity contribution in [3.05, 3.63) is 88.4 Å². The van der Waals surface area contributed by atoms with E-state index in [4.69, 9.17) is 0 Å². The molecule has 0 radical (unpaired) electrons. The molecule has 1 aliphatic carbocycles. The molecule has 5 nitrogen and oxygen atoms in total. The van der Waals surface area contributed by atoms with Gasteiger partial charge in [-0.25, -0.2) is 0 Å². The standard InChI is InChI=1S/C24H18N4OS/c1-24(22(29)27-23-28-26-14-30-23)12-17-10-9-15(13-25)11-20(17)21(24)19-8-4-6-16-5-2-3-7-18(16)19/h2-11,14,21H,12H2,1H3,(H,27,28,29)/t21-,24+/m0/s1. The fourth-order valence-electron chi connectivity index (χ4n) is 4.63. The van der Waals surface area contributed by atoms with Crippen LogP contribution in [0.4, 0.5) is 5.13 Å². The monoisotopic (exact) mass is 410 g/mol. The molecule has 1 heterocycles. The number of carbonyl (C=O) groups is 1. The van der Waals surface area contributed by atoms with Crippen molar-refractivity contribution < 1.29 is 4.79 Å². The third kappa shape index (κ3) is 2.87. The second kappa shape index (κ2) is 7.05. The second-order valence-electron chi connectivity index (χ2n) is 7.82. The molecule has 0 spiro atoms. The summed E-state index contributed by atoms with van der Waals surface area (Å²) in [5.74, 6) is -0.272. The Labute approximate surface area is 178 Å². The van der Waals surface area contributed by atoms with Crippen molar-refractivity contribution in [1.82, 2.24) is 10.2 Å². The van der Waals surface area contributed by atoms with Crippen LogP contribution in [-0.2, 0) is 11.2 Å². The van der Waals surface area contributed by atoms with Gasteiger partial charge in [0.1, 0.15) is 5.51 Å². The van der Waals surface area contributed by atoms with Crippen LogP contribution in [0.2, 0.25) is 0 Å². The second-order valence-corrected chi connectivity index (χ2v) is 8.65. The van der Waals surface area contributed by atoms with Gasteiger partial charge in [0.25, 0.3) is 0 Å². The van der Waals surface area contributed by atoms with Crippen LogP contribution < -0.4 is 5.32 Å². The quantitative estimate of drug-likeness (QED) is 0.521. The van der Waals surface area contributed by atoms with Crippen molar-refractivity contribution >= 4 is 33.1 Å². The molecule has 0 saturated heterocycles. The molecule has 146 valence electrons. The van der Waals surface area contributed by atoms with E-state index in [-0.39, 0.29) is 11.8 Å². The molecule has 4 aromatic rings. The molecular formula is C24H18N4OS. The largest absolute Gasteiger partial charge is 0.300 e. The summed E-state index contributed by atoms with van der Waals surface area (Å²) in [5.41, 5.74) is 4.71. The molecule has 1 aliphatic rings. The lowest BCUT2D eigenvalue weighted by atomic mass is 9.72. The topological polar surface area (TPSA) is 78.7 Å². The van der Waals surface area contributed by atoms with Crippen molar-refractivity contribution in [1.29, 1.82) is 5.26 Å². The van der Waals surface area contributed by atoms with E-state index in [0.29, 0.717) is 17.1 Å². The van der Waals surface area contributed by atoms with Gasteiger partial charge < -0.3 is 5.32 Å². The van der Waals surface area contributed by atoms with Crippen molar-refractivity contribution in [3.8, 4) is 6.07 Å². The Morgan fingerprint density at radius 3 is 2.80 bits per heavy atom. The number of nitriles is 1. The first-order valence-electron chi connectivity index (χ1n) is 9.68. The van der Waals surface area contributed by atoms with E-state index in [1.54, 1.807) is 5.51 Å². The summed E-state index contributed by atoms with van der Waals surface area (Å²) >= 11 is 1.30. The normalized spacial score (nSPS) is 19.9. The molecule has 0 bridgehead atoms. The Hall–Kier alpha value is -3.56. The Morgan fingerprint density at radius 2 is 2.00 bits per heavy atom. The van der Waals surface area contributed by atoms with Gasteiger partial charge in [-0.2, -0.15) is 5.26 Å². The number of benzene rings is 3. The van der Waals surface area contributed by atoms with E-state index in [9.17, 15) is 10.1 Å². The highest BCUT2D eigenvalue weighted by Gasteiger charge is 2.49. The van der Waals surface area contributed by atoms with Gasteiger partial charge in [-0.15, -0.1) is 10.2 Å². The molecule has 2 atom stereocenters. The number of nitrogens with one attached hydrogen (secondary N) is 1. The molecule has 1 N–H and O–H groups in total.